The molecule has 17 heavy (non-hydrogen) atoms. The Bertz CT molecular complexity index is 564. The van der Waals surface area contributed by atoms with Gasteiger partial charge in [-0.25, -0.2) is 0 Å². The third-order valence-corrected chi connectivity index (χ3v) is 2.31. The van der Waals surface area contributed by atoms with Crippen LogP contribution in [0.25, 0.3) is 11.1 Å². The van der Waals surface area contributed by atoms with Crippen LogP contribution in [0.2, 0.25) is 0 Å². The molecule has 5 heteroatoms. The molecule has 0 aliphatic carbocycles. The van der Waals surface area contributed by atoms with Crippen LogP contribution in [0.5, 0.6) is 11.5 Å². The monoisotopic (exact) mass is 230 g/mol. The van der Waals surface area contributed by atoms with Crippen LogP contribution in [0, 0.1) is 0 Å². The van der Waals surface area contributed by atoms with Crippen molar-refractivity contribution in [3.63, 3.8) is 0 Å². The van der Waals surface area contributed by atoms with Gasteiger partial charge < -0.3 is 15.9 Å². The summed E-state index contributed by atoms with van der Waals surface area (Å²) in [5, 5.41) is 18.8. The van der Waals surface area contributed by atoms with E-state index >= 15 is 0 Å². The van der Waals surface area contributed by atoms with Gasteiger partial charge in [-0.3, -0.25) is 9.78 Å². The first-order valence-electron chi connectivity index (χ1n) is 4.86. The number of pyridine rings is 1. The number of hydrogen-bond donors (Lipinski definition) is 3. The number of carbonyl (C=O) groups is 1. The molecule has 0 aliphatic rings. The lowest BCUT2D eigenvalue weighted by Gasteiger charge is -2.05. The van der Waals surface area contributed by atoms with Crippen LogP contribution in [0.4, 0.5) is 0 Å². The molecule has 1 aromatic heterocycles. The van der Waals surface area contributed by atoms with Gasteiger partial charge in [0.15, 0.2) is 0 Å². The number of hydrogen-bond acceptors (Lipinski definition) is 4. The maximum absolute atomic E-state index is 10.8. The number of primary amides is 1. The Morgan fingerprint density at radius 2 is 1.94 bits per heavy atom. The topological polar surface area (TPSA) is 96.4 Å². The first-order chi connectivity index (χ1) is 8.08. The molecule has 0 atom stereocenters. The van der Waals surface area contributed by atoms with E-state index in [0.717, 1.165) is 0 Å². The number of aromatic hydroxyl groups is 2. The van der Waals surface area contributed by atoms with Gasteiger partial charge in [0, 0.05) is 23.4 Å². The number of phenolic OH excluding ortho intramolecular Hbond substituents is 2. The van der Waals surface area contributed by atoms with Crippen molar-refractivity contribution in [2.45, 2.75) is 0 Å². The van der Waals surface area contributed by atoms with E-state index in [1.165, 1.54) is 24.4 Å². The van der Waals surface area contributed by atoms with Crippen molar-refractivity contribution in [1.82, 2.24) is 4.98 Å². The fourth-order valence-electron chi connectivity index (χ4n) is 1.46. The summed E-state index contributed by atoms with van der Waals surface area (Å²) in [7, 11) is 0. The van der Waals surface area contributed by atoms with Crippen molar-refractivity contribution in [1.29, 1.82) is 0 Å². The van der Waals surface area contributed by atoms with Crippen molar-refractivity contribution in [2.75, 3.05) is 0 Å². The van der Waals surface area contributed by atoms with E-state index in [1.54, 1.807) is 12.1 Å². The van der Waals surface area contributed by atoms with Crippen molar-refractivity contribution in [3.8, 4) is 22.6 Å². The highest BCUT2D eigenvalue weighted by Gasteiger charge is 2.07. The molecule has 0 bridgehead atoms. The lowest BCUT2D eigenvalue weighted by molar-refractivity contribution is 0.0995. The Hall–Kier alpha value is -2.56. The van der Waals surface area contributed by atoms with E-state index in [4.69, 9.17) is 10.8 Å². The molecule has 1 amide bonds. The molecule has 2 aromatic rings. The predicted octanol–water partition coefficient (Wildman–Crippen LogP) is 1.26. The Balaban J connectivity index is 2.43. The van der Waals surface area contributed by atoms with Crippen LogP contribution in [-0.2, 0) is 0 Å². The molecule has 86 valence electrons. The summed E-state index contributed by atoms with van der Waals surface area (Å²) in [6, 6.07) is 7.35. The summed E-state index contributed by atoms with van der Waals surface area (Å²) in [6.07, 6.45) is 1.44. The fraction of sp³-hybridized carbons (Fsp3) is 0. The van der Waals surface area contributed by atoms with Crippen molar-refractivity contribution in [3.05, 3.63) is 42.2 Å². The lowest BCUT2D eigenvalue weighted by Crippen LogP contribution is -2.12. The van der Waals surface area contributed by atoms with Gasteiger partial charge in [-0.2, -0.15) is 0 Å². The molecule has 0 aliphatic heterocycles. The van der Waals surface area contributed by atoms with Crippen LogP contribution < -0.4 is 5.73 Å². The number of benzene rings is 1. The summed E-state index contributed by atoms with van der Waals surface area (Å²) < 4.78 is 0. The third kappa shape index (κ3) is 2.17. The highest BCUT2D eigenvalue weighted by molar-refractivity contribution is 5.91. The highest BCUT2D eigenvalue weighted by Crippen LogP contribution is 2.31. The first kappa shape index (κ1) is 10.9. The normalized spacial score (nSPS) is 10.1. The van der Waals surface area contributed by atoms with Gasteiger partial charge in [-0.15, -0.1) is 0 Å². The van der Waals surface area contributed by atoms with E-state index in [0.29, 0.717) is 11.1 Å². The Labute approximate surface area is 97.2 Å². The minimum atomic E-state index is -0.605. The summed E-state index contributed by atoms with van der Waals surface area (Å²) >= 11 is 0. The molecular formula is C12H10N2O3. The van der Waals surface area contributed by atoms with Gasteiger partial charge in [-0.1, -0.05) is 6.07 Å². The summed E-state index contributed by atoms with van der Waals surface area (Å²) in [6.45, 7) is 0. The molecule has 0 radical (unpaired) electrons. The van der Waals surface area contributed by atoms with E-state index in [9.17, 15) is 9.90 Å². The van der Waals surface area contributed by atoms with Gasteiger partial charge in [0.2, 0.25) is 0 Å². The van der Waals surface area contributed by atoms with Gasteiger partial charge in [0.1, 0.15) is 17.2 Å². The summed E-state index contributed by atoms with van der Waals surface area (Å²) in [5.74, 6) is -0.682. The molecule has 1 heterocycles. The average molecular weight is 230 g/mol. The SMILES string of the molecule is NC(=O)c1ccc(-c2ccc(O)cc2O)cn1. The standard InChI is InChI=1S/C12H10N2O3/c13-12(17)10-4-1-7(6-14-10)9-3-2-8(15)5-11(9)16/h1-6,15-16H,(H2,13,17). The molecule has 0 saturated carbocycles. The Kier molecular flexibility index (Phi) is 2.66. The average Bonchev–Trinajstić information content (AvgIpc) is 2.29. The zero-order valence-corrected chi connectivity index (χ0v) is 8.79. The van der Waals surface area contributed by atoms with Crippen LogP contribution in [-0.4, -0.2) is 21.1 Å². The second-order valence-corrected chi connectivity index (χ2v) is 3.50. The molecule has 1 aromatic carbocycles. The van der Waals surface area contributed by atoms with Gasteiger partial charge in [-0.05, 0) is 18.2 Å². The Morgan fingerprint density at radius 1 is 1.18 bits per heavy atom. The van der Waals surface area contributed by atoms with E-state index in [-0.39, 0.29) is 17.2 Å². The van der Waals surface area contributed by atoms with E-state index in [1.807, 2.05) is 0 Å². The van der Waals surface area contributed by atoms with E-state index in [2.05, 4.69) is 4.98 Å². The maximum Gasteiger partial charge on any atom is 0.267 e. The number of nitrogens with zero attached hydrogens (tertiary/aromatic N) is 1. The lowest BCUT2D eigenvalue weighted by atomic mass is 10.1. The second-order valence-electron chi connectivity index (χ2n) is 3.50. The largest absolute Gasteiger partial charge is 0.508 e. The molecule has 0 spiro atoms. The minimum Gasteiger partial charge on any atom is -0.508 e. The van der Waals surface area contributed by atoms with Gasteiger partial charge in [0.25, 0.3) is 5.91 Å². The van der Waals surface area contributed by atoms with Gasteiger partial charge >= 0.3 is 0 Å². The van der Waals surface area contributed by atoms with Crippen molar-refractivity contribution in [2.24, 2.45) is 5.73 Å². The number of nitrogens with two attached hydrogens (primary N) is 1. The maximum atomic E-state index is 10.8. The second kappa shape index (κ2) is 4.13. The van der Waals surface area contributed by atoms with Crippen LogP contribution in [0.1, 0.15) is 10.5 Å². The molecule has 0 unspecified atom stereocenters. The number of carbonyl (C=O) groups excluding carboxylic acids is 1. The number of amides is 1. The molecule has 4 N–H and O–H groups in total. The quantitative estimate of drug-likeness (QED) is 0.723. The zero-order valence-electron chi connectivity index (χ0n) is 8.79. The summed E-state index contributed by atoms with van der Waals surface area (Å²) in [4.78, 5) is 14.7. The number of phenols is 2. The number of rotatable bonds is 2. The zero-order chi connectivity index (χ0) is 12.4. The first-order valence-corrected chi connectivity index (χ1v) is 4.86. The molecule has 0 saturated heterocycles. The number of aromatic nitrogens is 1. The summed E-state index contributed by atoms with van der Waals surface area (Å²) in [5.41, 5.74) is 6.38. The van der Waals surface area contributed by atoms with Crippen LogP contribution in [0.3, 0.4) is 0 Å². The molecular weight excluding hydrogens is 220 g/mol. The highest BCUT2D eigenvalue weighted by atomic mass is 16.3. The molecule has 0 fully saturated rings. The van der Waals surface area contributed by atoms with Crippen molar-refractivity contribution < 1.29 is 15.0 Å². The van der Waals surface area contributed by atoms with Crippen LogP contribution >= 0.6 is 0 Å². The smallest absolute Gasteiger partial charge is 0.267 e. The predicted molar refractivity (Wildman–Crippen MR) is 61.5 cm³/mol. The van der Waals surface area contributed by atoms with Crippen LogP contribution in [0.15, 0.2) is 36.5 Å². The third-order valence-electron chi connectivity index (χ3n) is 2.31. The van der Waals surface area contributed by atoms with Crippen molar-refractivity contribution >= 4 is 5.91 Å². The Morgan fingerprint density at radius 3 is 2.47 bits per heavy atom. The van der Waals surface area contributed by atoms with Gasteiger partial charge in [0.05, 0.1) is 0 Å². The van der Waals surface area contributed by atoms with E-state index < -0.39 is 5.91 Å². The molecule has 2 rings (SSSR count). The minimum absolute atomic E-state index is 0.0204. The molecule has 5 nitrogen and oxygen atoms in total. The fourth-order valence-corrected chi connectivity index (χ4v) is 1.46.